The molecule has 0 saturated carbocycles. The molecule has 0 unspecified atom stereocenters. The minimum atomic E-state index is -0.124. The largest absolute Gasteiger partial charge is 0.302 e. The number of rotatable bonds is 6. The maximum atomic E-state index is 10.9. The van der Waals surface area contributed by atoms with Crippen LogP contribution in [0.3, 0.4) is 0 Å². The Morgan fingerprint density at radius 1 is 1.53 bits per heavy atom. The third-order valence-electron chi connectivity index (χ3n) is 2.45. The quantitative estimate of drug-likeness (QED) is 0.461. The molecule has 0 bridgehead atoms. The van der Waals surface area contributed by atoms with Crippen molar-refractivity contribution >= 4 is 17.5 Å². The summed E-state index contributed by atoms with van der Waals surface area (Å²) in [4.78, 5) is 13.1. The standard InChI is InChI=1S/C12H18ClN3O/c1-16(7-3-6-12(17)15-14)9-10-4-2-5-11(13)8-10/h2,4-5,8H,3,6-7,9,14H2,1H3,(H,15,17). The van der Waals surface area contributed by atoms with Gasteiger partial charge in [0.2, 0.25) is 5.91 Å². The molecule has 0 heterocycles. The van der Waals surface area contributed by atoms with E-state index in [0.717, 1.165) is 24.5 Å². The van der Waals surface area contributed by atoms with Crippen molar-refractivity contribution in [2.24, 2.45) is 5.84 Å². The van der Waals surface area contributed by atoms with Gasteiger partial charge in [-0.15, -0.1) is 0 Å². The summed E-state index contributed by atoms with van der Waals surface area (Å²) in [5, 5.41) is 0.749. The molecule has 0 atom stereocenters. The van der Waals surface area contributed by atoms with Crippen molar-refractivity contribution < 1.29 is 4.79 Å². The number of halogens is 1. The van der Waals surface area contributed by atoms with E-state index in [9.17, 15) is 4.79 Å². The Labute approximate surface area is 107 Å². The Bertz CT molecular complexity index is 371. The molecule has 4 nitrogen and oxygen atoms in total. The van der Waals surface area contributed by atoms with Gasteiger partial charge in [-0.2, -0.15) is 0 Å². The Morgan fingerprint density at radius 2 is 2.29 bits per heavy atom. The first-order chi connectivity index (χ1) is 8.11. The monoisotopic (exact) mass is 255 g/mol. The Balaban J connectivity index is 2.29. The molecule has 0 radical (unpaired) electrons. The molecule has 17 heavy (non-hydrogen) atoms. The topological polar surface area (TPSA) is 58.4 Å². The van der Waals surface area contributed by atoms with Crippen molar-refractivity contribution in [2.45, 2.75) is 19.4 Å². The van der Waals surface area contributed by atoms with Crippen molar-refractivity contribution in [2.75, 3.05) is 13.6 Å². The fourth-order valence-corrected chi connectivity index (χ4v) is 1.82. The minimum absolute atomic E-state index is 0.124. The van der Waals surface area contributed by atoms with E-state index in [4.69, 9.17) is 17.4 Å². The number of nitrogens with zero attached hydrogens (tertiary/aromatic N) is 1. The highest BCUT2D eigenvalue weighted by molar-refractivity contribution is 6.30. The molecule has 0 spiro atoms. The van der Waals surface area contributed by atoms with Gasteiger partial charge in [-0.3, -0.25) is 10.2 Å². The fourth-order valence-electron chi connectivity index (χ4n) is 1.61. The van der Waals surface area contributed by atoms with Gasteiger partial charge in [-0.05, 0) is 37.7 Å². The zero-order valence-electron chi connectivity index (χ0n) is 9.95. The number of amides is 1. The number of hydrogen-bond donors (Lipinski definition) is 2. The fraction of sp³-hybridized carbons (Fsp3) is 0.417. The van der Waals surface area contributed by atoms with Crippen LogP contribution in [0, 0.1) is 0 Å². The van der Waals surface area contributed by atoms with Crippen molar-refractivity contribution in [1.29, 1.82) is 0 Å². The highest BCUT2D eigenvalue weighted by Gasteiger charge is 2.03. The molecule has 1 aromatic rings. The average molecular weight is 256 g/mol. The molecule has 0 aliphatic carbocycles. The van der Waals surface area contributed by atoms with Gasteiger partial charge in [0.05, 0.1) is 0 Å². The molecule has 1 rings (SSSR count). The third kappa shape index (κ3) is 5.68. The van der Waals surface area contributed by atoms with Crippen LogP contribution in [0.5, 0.6) is 0 Å². The summed E-state index contributed by atoms with van der Waals surface area (Å²) in [6.07, 6.45) is 1.25. The Kier molecular flexibility index (Phi) is 5.97. The number of nitrogens with two attached hydrogens (primary N) is 1. The van der Waals surface area contributed by atoms with E-state index in [1.165, 1.54) is 5.56 Å². The van der Waals surface area contributed by atoms with Crippen LogP contribution in [0.2, 0.25) is 5.02 Å². The zero-order chi connectivity index (χ0) is 12.7. The molecule has 0 saturated heterocycles. The minimum Gasteiger partial charge on any atom is -0.302 e. The van der Waals surface area contributed by atoms with Crippen LogP contribution in [-0.4, -0.2) is 24.4 Å². The molecule has 0 fully saturated rings. The molecule has 1 amide bonds. The van der Waals surface area contributed by atoms with Crippen LogP contribution < -0.4 is 11.3 Å². The molecule has 3 N–H and O–H groups in total. The molecule has 5 heteroatoms. The van der Waals surface area contributed by atoms with Gasteiger partial charge in [0.1, 0.15) is 0 Å². The second kappa shape index (κ2) is 7.27. The summed E-state index contributed by atoms with van der Waals surface area (Å²) in [5.41, 5.74) is 3.29. The van der Waals surface area contributed by atoms with Crippen LogP contribution in [0.4, 0.5) is 0 Å². The van der Waals surface area contributed by atoms with E-state index in [-0.39, 0.29) is 5.91 Å². The van der Waals surface area contributed by atoms with Crippen LogP contribution in [0.25, 0.3) is 0 Å². The lowest BCUT2D eigenvalue weighted by Crippen LogP contribution is -2.30. The first-order valence-electron chi connectivity index (χ1n) is 5.54. The van der Waals surface area contributed by atoms with Crippen molar-refractivity contribution in [1.82, 2.24) is 10.3 Å². The van der Waals surface area contributed by atoms with E-state index < -0.39 is 0 Å². The summed E-state index contributed by atoms with van der Waals surface area (Å²) >= 11 is 5.91. The average Bonchev–Trinajstić information content (AvgIpc) is 2.28. The van der Waals surface area contributed by atoms with Gasteiger partial charge >= 0.3 is 0 Å². The molecule has 0 aliphatic heterocycles. The van der Waals surface area contributed by atoms with Crippen LogP contribution in [-0.2, 0) is 11.3 Å². The predicted molar refractivity (Wildman–Crippen MR) is 69.4 cm³/mol. The summed E-state index contributed by atoms with van der Waals surface area (Å²) in [6, 6.07) is 7.78. The Morgan fingerprint density at radius 3 is 2.94 bits per heavy atom. The summed E-state index contributed by atoms with van der Waals surface area (Å²) in [7, 11) is 2.02. The van der Waals surface area contributed by atoms with E-state index >= 15 is 0 Å². The number of hydrazine groups is 1. The van der Waals surface area contributed by atoms with Crippen LogP contribution >= 0.6 is 11.6 Å². The van der Waals surface area contributed by atoms with Crippen molar-refractivity contribution in [3.63, 3.8) is 0 Å². The van der Waals surface area contributed by atoms with E-state index in [2.05, 4.69) is 10.3 Å². The Hall–Kier alpha value is -1.10. The number of carbonyl (C=O) groups excluding carboxylic acids is 1. The van der Waals surface area contributed by atoms with Gasteiger partial charge in [0, 0.05) is 18.0 Å². The third-order valence-corrected chi connectivity index (χ3v) is 2.68. The summed E-state index contributed by atoms with van der Waals surface area (Å²) in [6.45, 7) is 1.67. The lowest BCUT2D eigenvalue weighted by atomic mass is 10.2. The predicted octanol–water partition coefficient (Wildman–Crippen LogP) is 1.54. The van der Waals surface area contributed by atoms with Crippen molar-refractivity contribution in [3.8, 4) is 0 Å². The van der Waals surface area contributed by atoms with Gasteiger partial charge in [-0.25, -0.2) is 5.84 Å². The normalized spacial score (nSPS) is 10.6. The number of nitrogens with one attached hydrogen (secondary N) is 1. The first-order valence-corrected chi connectivity index (χ1v) is 5.92. The zero-order valence-corrected chi connectivity index (χ0v) is 10.7. The smallest absolute Gasteiger partial charge is 0.233 e. The van der Waals surface area contributed by atoms with Crippen LogP contribution in [0.1, 0.15) is 18.4 Å². The summed E-state index contributed by atoms with van der Waals surface area (Å²) < 4.78 is 0. The molecule has 0 aliphatic rings. The van der Waals surface area contributed by atoms with Gasteiger partial charge in [0.15, 0.2) is 0 Å². The lowest BCUT2D eigenvalue weighted by molar-refractivity contribution is -0.121. The van der Waals surface area contributed by atoms with Crippen molar-refractivity contribution in [3.05, 3.63) is 34.9 Å². The van der Waals surface area contributed by atoms with Gasteiger partial charge < -0.3 is 4.90 Å². The number of carbonyl (C=O) groups is 1. The second-order valence-corrected chi connectivity index (χ2v) is 4.48. The number of hydrogen-bond acceptors (Lipinski definition) is 3. The first kappa shape index (κ1) is 14.0. The van der Waals surface area contributed by atoms with Crippen LogP contribution in [0.15, 0.2) is 24.3 Å². The highest BCUT2D eigenvalue weighted by Crippen LogP contribution is 2.12. The maximum Gasteiger partial charge on any atom is 0.233 e. The molecule has 0 aromatic heterocycles. The lowest BCUT2D eigenvalue weighted by Gasteiger charge is -2.16. The van der Waals surface area contributed by atoms with Gasteiger partial charge in [0.25, 0.3) is 0 Å². The molecular formula is C12H18ClN3O. The molecule has 1 aromatic carbocycles. The van der Waals surface area contributed by atoms with E-state index in [1.807, 2.05) is 31.3 Å². The SMILES string of the molecule is CN(CCCC(=O)NN)Cc1cccc(Cl)c1. The summed E-state index contributed by atoms with van der Waals surface area (Å²) in [5.74, 6) is 4.88. The number of benzene rings is 1. The maximum absolute atomic E-state index is 10.9. The molecular weight excluding hydrogens is 238 g/mol. The second-order valence-electron chi connectivity index (χ2n) is 4.04. The van der Waals surface area contributed by atoms with Gasteiger partial charge in [-0.1, -0.05) is 23.7 Å². The highest BCUT2D eigenvalue weighted by atomic mass is 35.5. The van der Waals surface area contributed by atoms with E-state index in [0.29, 0.717) is 6.42 Å². The van der Waals surface area contributed by atoms with E-state index in [1.54, 1.807) is 0 Å². The molecule has 94 valence electrons.